The largest absolute Gasteiger partial charge is 0.367 e. The van der Waals surface area contributed by atoms with Crippen LogP contribution >= 0.6 is 0 Å². The van der Waals surface area contributed by atoms with Crippen LogP contribution in [0.5, 0.6) is 0 Å². The molecule has 1 aliphatic heterocycles. The third kappa shape index (κ3) is 3.27. The Morgan fingerprint density at radius 3 is 2.30 bits per heavy atom. The molecule has 0 bridgehead atoms. The molecule has 2 aromatic rings. The summed E-state index contributed by atoms with van der Waals surface area (Å²) in [6.07, 6.45) is 0. The van der Waals surface area contributed by atoms with Gasteiger partial charge in [-0.15, -0.1) is 0 Å². The molecule has 1 fully saturated rings. The fraction of sp³-hybridized carbons (Fsp3) is 0.316. The third-order valence-electron chi connectivity index (χ3n) is 4.44. The molecule has 0 saturated carbocycles. The maximum Gasteiger partial charge on any atom is 0.193 e. The maximum atomic E-state index is 14.4. The summed E-state index contributed by atoms with van der Waals surface area (Å²) in [6, 6.07) is 10.4. The quantitative estimate of drug-likeness (QED) is 0.884. The number of hydrogen-bond acceptors (Lipinski definition) is 3. The number of anilines is 1. The van der Waals surface area contributed by atoms with Gasteiger partial charge in [0.05, 0.1) is 5.69 Å². The molecule has 120 valence electrons. The topological polar surface area (TPSA) is 32.3 Å². The molecule has 0 aromatic heterocycles. The molecule has 3 rings (SSSR count). The van der Waals surface area contributed by atoms with Gasteiger partial charge < -0.3 is 10.2 Å². The highest BCUT2D eigenvalue weighted by Crippen LogP contribution is 2.23. The van der Waals surface area contributed by atoms with Gasteiger partial charge in [-0.05, 0) is 49.2 Å². The number of ketones is 1. The number of carbonyl (C=O) groups is 1. The maximum absolute atomic E-state index is 14.4. The lowest BCUT2D eigenvalue weighted by molar-refractivity contribution is 0.103. The lowest BCUT2D eigenvalue weighted by Gasteiger charge is -2.29. The fourth-order valence-corrected chi connectivity index (χ4v) is 2.86. The SMILES string of the molecule is Cc1ccc(C(=O)c2ccc(N3CCNCC3)c(F)c2)cc1C. The molecular weight excluding hydrogens is 291 g/mol. The Morgan fingerprint density at radius 1 is 1.00 bits per heavy atom. The molecular formula is C19H21FN2O. The van der Waals surface area contributed by atoms with E-state index in [0.717, 1.165) is 37.3 Å². The molecule has 0 amide bonds. The van der Waals surface area contributed by atoms with Crippen molar-refractivity contribution in [2.75, 3.05) is 31.1 Å². The van der Waals surface area contributed by atoms with Gasteiger partial charge >= 0.3 is 0 Å². The van der Waals surface area contributed by atoms with Crippen LogP contribution in [0.1, 0.15) is 27.0 Å². The van der Waals surface area contributed by atoms with Crippen molar-refractivity contribution in [1.82, 2.24) is 5.32 Å². The molecule has 1 aliphatic rings. The molecule has 0 radical (unpaired) electrons. The van der Waals surface area contributed by atoms with E-state index in [1.807, 2.05) is 30.9 Å². The van der Waals surface area contributed by atoms with Crippen LogP contribution in [0.25, 0.3) is 0 Å². The highest BCUT2D eigenvalue weighted by molar-refractivity contribution is 6.09. The molecule has 0 spiro atoms. The number of piperazine rings is 1. The highest BCUT2D eigenvalue weighted by atomic mass is 19.1. The van der Waals surface area contributed by atoms with E-state index in [4.69, 9.17) is 0 Å². The minimum Gasteiger partial charge on any atom is -0.367 e. The number of aryl methyl sites for hydroxylation is 2. The second kappa shape index (κ2) is 6.50. The van der Waals surface area contributed by atoms with Crippen molar-refractivity contribution >= 4 is 11.5 Å². The predicted molar refractivity (Wildman–Crippen MR) is 90.8 cm³/mol. The third-order valence-corrected chi connectivity index (χ3v) is 4.44. The molecule has 1 saturated heterocycles. The number of nitrogens with zero attached hydrogens (tertiary/aromatic N) is 1. The number of halogens is 1. The van der Waals surface area contributed by atoms with Gasteiger partial charge in [0, 0.05) is 37.3 Å². The number of hydrogen-bond donors (Lipinski definition) is 1. The Kier molecular flexibility index (Phi) is 4.44. The van der Waals surface area contributed by atoms with E-state index in [9.17, 15) is 9.18 Å². The smallest absolute Gasteiger partial charge is 0.193 e. The van der Waals surface area contributed by atoms with Gasteiger partial charge in [-0.25, -0.2) is 4.39 Å². The molecule has 1 N–H and O–H groups in total. The zero-order valence-corrected chi connectivity index (χ0v) is 13.5. The van der Waals surface area contributed by atoms with Crippen molar-refractivity contribution in [1.29, 1.82) is 0 Å². The summed E-state index contributed by atoms with van der Waals surface area (Å²) in [5.41, 5.74) is 3.77. The summed E-state index contributed by atoms with van der Waals surface area (Å²) in [6.45, 7) is 7.24. The van der Waals surface area contributed by atoms with Crippen molar-refractivity contribution in [2.24, 2.45) is 0 Å². The van der Waals surface area contributed by atoms with Crippen molar-refractivity contribution < 1.29 is 9.18 Å². The van der Waals surface area contributed by atoms with Crippen molar-refractivity contribution in [3.8, 4) is 0 Å². The first-order chi connectivity index (χ1) is 11.1. The van der Waals surface area contributed by atoms with Crippen LogP contribution in [0.4, 0.5) is 10.1 Å². The monoisotopic (exact) mass is 312 g/mol. The van der Waals surface area contributed by atoms with Crippen LogP contribution in [-0.2, 0) is 0 Å². The lowest BCUT2D eigenvalue weighted by atomic mass is 9.99. The summed E-state index contributed by atoms with van der Waals surface area (Å²) < 4.78 is 14.4. The Morgan fingerprint density at radius 2 is 1.65 bits per heavy atom. The Bertz CT molecular complexity index is 736. The normalized spacial score (nSPS) is 14.8. The number of rotatable bonds is 3. The molecule has 0 aliphatic carbocycles. The standard InChI is InChI=1S/C19H21FN2O/c1-13-3-4-15(11-14(13)2)19(23)16-5-6-18(17(20)12-16)22-9-7-21-8-10-22/h3-6,11-12,21H,7-10H2,1-2H3. The molecule has 0 unspecified atom stereocenters. The predicted octanol–water partition coefficient (Wildman–Crippen LogP) is 3.08. The number of carbonyl (C=O) groups excluding carboxylic acids is 1. The molecule has 1 heterocycles. The molecule has 3 nitrogen and oxygen atoms in total. The van der Waals surface area contributed by atoms with Crippen LogP contribution in [0.2, 0.25) is 0 Å². The first kappa shape index (κ1) is 15.7. The van der Waals surface area contributed by atoms with Crippen LogP contribution in [0.3, 0.4) is 0 Å². The van der Waals surface area contributed by atoms with Gasteiger partial charge in [0.15, 0.2) is 5.78 Å². The van der Waals surface area contributed by atoms with Gasteiger partial charge in [0.1, 0.15) is 5.82 Å². The fourth-order valence-electron chi connectivity index (χ4n) is 2.86. The van der Waals surface area contributed by atoms with Crippen molar-refractivity contribution in [3.63, 3.8) is 0 Å². The molecule has 4 heteroatoms. The van der Waals surface area contributed by atoms with Gasteiger partial charge in [-0.2, -0.15) is 0 Å². The van der Waals surface area contributed by atoms with E-state index in [0.29, 0.717) is 16.8 Å². The minimum atomic E-state index is -0.332. The van der Waals surface area contributed by atoms with Crippen molar-refractivity contribution in [2.45, 2.75) is 13.8 Å². The van der Waals surface area contributed by atoms with Crippen LogP contribution in [0, 0.1) is 19.7 Å². The number of nitrogens with one attached hydrogen (secondary N) is 1. The summed E-state index contributed by atoms with van der Waals surface area (Å²) in [5.74, 6) is -0.472. The van der Waals surface area contributed by atoms with E-state index < -0.39 is 0 Å². The summed E-state index contributed by atoms with van der Waals surface area (Å²) >= 11 is 0. The van der Waals surface area contributed by atoms with Crippen LogP contribution < -0.4 is 10.2 Å². The van der Waals surface area contributed by atoms with Crippen molar-refractivity contribution in [3.05, 3.63) is 64.5 Å². The second-order valence-corrected chi connectivity index (χ2v) is 6.03. The first-order valence-corrected chi connectivity index (χ1v) is 7.93. The Labute approximate surface area is 136 Å². The zero-order chi connectivity index (χ0) is 16.4. The van der Waals surface area contributed by atoms with E-state index in [1.54, 1.807) is 18.2 Å². The first-order valence-electron chi connectivity index (χ1n) is 7.93. The summed E-state index contributed by atoms with van der Waals surface area (Å²) in [7, 11) is 0. The Balaban J connectivity index is 1.86. The summed E-state index contributed by atoms with van der Waals surface area (Å²) in [5, 5.41) is 3.25. The molecule has 0 atom stereocenters. The highest BCUT2D eigenvalue weighted by Gasteiger charge is 2.17. The minimum absolute atomic E-state index is 0.140. The van der Waals surface area contributed by atoms with E-state index in [1.165, 1.54) is 6.07 Å². The lowest BCUT2D eigenvalue weighted by Crippen LogP contribution is -2.43. The van der Waals surface area contributed by atoms with Gasteiger partial charge in [0.25, 0.3) is 0 Å². The van der Waals surface area contributed by atoms with Crippen LogP contribution in [-0.4, -0.2) is 32.0 Å². The van der Waals surface area contributed by atoms with E-state index >= 15 is 0 Å². The van der Waals surface area contributed by atoms with E-state index in [-0.39, 0.29) is 11.6 Å². The van der Waals surface area contributed by atoms with Crippen LogP contribution in [0.15, 0.2) is 36.4 Å². The molecule has 2 aromatic carbocycles. The average molecular weight is 312 g/mol. The van der Waals surface area contributed by atoms with Gasteiger partial charge in [-0.3, -0.25) is 4.79 Å². The van der Waals surface area contributed by atoms with Gasteiger partial charge in [-0.1, -0.05) is 12.1 Å². The molecule has 23 heavy (non-hydrogen) atoms. The second-order valence-electron chi connectivity index (χ2n) is 6.03. The zero-order valence-electron chi connectivity index (χ0n) is 13.5. The average Bonchev–Trinajstić information content (AvgIpc) is 2.57. The van der Waals surface area contributed by atoms with Gasteiger partial charge in [0.2, 0.25) is 0 Å². The van der Waals surface area contributed by atoms with E-state index in [2.05, 4.69) is 5.32 Å². The summed E-state index contributed by atoms with van der Waals surface area (Å²) in [4.78, 5) is 14.6. The Hall–Kier alpha value is -2.20. The number of benzene rings is 2.